The second-order valence-corrected chi connectivity index (χ2v) is 7.27. The van der Waals surface area contributed by atoms with Crippen LogP contribution < -0.4 is 5.32 Å². The van der Waals surface area contributed by atoms with E-state index < -0.39 is 9.05 Å². The number of nitrogens with one attached hydrogen (secondary N) is 1. The molecule has 1 aromatic carbocycles. The van der Waals surface area contributed by atoms with E-state index in [1.54, 1.807) is 12.1 Å². The van der Waals surface area contributed by atoms with Crippen molar-refractivity contribution in [1.29, 1.82) is 0 Å². The third-order valence-corrected chi connectivity index (χ3v) is 4.42. The molecule has 0 unspecified atom stereocenters. The second-order valence-electron chi connectivity index (χ2n) is 4.71. The van der Waals surface area contributed by atoms with Gasteiger partial charge < -0.3 is 5.32 Å². The lowest BCUT2D eigenvalue weighted by Gasteiger charge is -2.33. The lowest BCUT2D eigenvalue weighted by Crippen LogP contribution is -2.28. The summed E-state index contributed by atoms with van der Waals surface area (Å²) in [6, 6.07) is 5.02. The van der Waals surface area contributed by atoms with Gasteiger partial charge in [0.2, 0.25) is 0 Å². The number of halogens is 1. The number of anilines is 1. The molecule has 1 heterocycles. The minimum Gasteiger partial charge on any atom is -0.385 e. The average Bonchev–Trinajstić information content (AvgIpc) is 2.15. The van der Waals surface area contributed by atoms with Gasteiger partial charge in [0.1, 0.15) is 0 Å². The monoisotopic (exact) mass is 259 g/mol. The van der Waals surface area contributed by atoms with Crippen molar-refractivity contribution >= 4 is 25.4 Å². The van der Waals surface area contributed by atoms with Crippen LogP contribution in [0.2, 0.25) is 0 Å². The first kappa shape index (κ1) is 11.7. The van der Waals surface area contributed by atoms with Crippen LogP contribution in [-0.2, 0) is 14.5 Å². The second kappa shape index (κ2) is 3.64. The largest absolute Gasteiger partial charge is 0.385 e. The Morgan fingerprint density at radius 2 is 2.06 bits per heavy atom. The zero-order chi connectivity index (χ0) is 12.0. The predicted octanol–water partition coefficient (Wildman–Crippen LogP) is 2.71. The van der Waals surface area contributed by atoms with Crippen LogP contribution in [0.1, 0.15) is 25.8 Å². The van der Waals surface area contributed by atoms with Crippen molar-refractivity contribution in [3.63, 3.8) is 0 Å². The molecule has 88 valence electrons. The van der Waals surface area contributed by atoms with Gasteiger partial charge in [0.25, 0.3) is 9.05 Å². The molecule has 5 heteroatoms. The summed E-state index contributed by atoms with van der Waals surface area (Å²) in [6.45, 7) is 5.16. The molecule has 0 saturated carbocycles. The van der Waals surface area contributed by atoms with Crippen LogP contribution >= 0.6 is 10.7 Å². The number of hydrogen-bond acceptors (Lipinski definition) is 3. The molecule has 0 spiro atoms. The van der Waals surface area contributed by atoms with Gasteiger partial charge in [-0.25, -0.2) is 8.42 Å². The van der Waals surface area contributed by atoms with Crippen molar-refractivity contribution in [2.24, 2.45) is 0 Å². The third kappa shape index (κ3) is 2.04. The maximum Gasteiger partial charge on any atom is 0.261 e. The number of hydrogen-bond donors (Lipinski definition) is 1. The zero-order valence-corrected chi connectivity index (χ0v) is 10.8. The molecule has 0 amide bonds. The molecule has 2 rings (SSSR count). The van der Waals surface area contributed by atoms with Gasteiger partial charge >= 0.3 is 0 Å². The molecule has 16 heavy (non-hydrogen) atoms. The van der Waals surface area contributed by atoms with E-state index in [2.05, 4.69) is 19.2 Å². The van der Waals surface area contributed by atoms with Crippen LogP contribution in [0, 0.1) is 0 Å². The number of fused-ring (bicyclic) bond motifs is 1. The minimum absolute atomic E-state index is 0.0786. The summed E-state index contributed by atoms with van der Waals surface area (Å²) in [7, 11) is 1.68. The fourth-order valence-corrected chi connectivity index (χ4v) is 2.83. The molecule has 1 N–H and O–H groups in total. The van der Waals surface area contributed by atoms with Crippen molar-refractivity contribution in [3.8, 4) is 0 Å². The Hall–Kier alpha value is -0.740. The van der Waals surface area contributed by atoms with Crippen molar-refractivity contribution in [1.82, 2.24) is 0 Å². The topological polar surface area (TPSA) is 46.2 Å². The molecule has 0 atom stereocenters. The third-order valence-electron chi connectivity index (χ3n) is 3.07. The summed E-state index contributed by atoms with van der Waals surface area (Å²) in [6.07, 6.45) is 1.03. The van der Waals surface area contributed by atoms with Gasteiger partial charge in [-0.3, -0.25) is 0 Å². The lowest BCUT2D eigenvalue weighted by atomic mass is 9.78. The number of benzene rings is 1. The molecule has 0 bridgehead atoms. The maximum absolute atomic E-state index is 11.2. The summed E-state index contributed by atoms with van der Waals surface area (Å²) in [5.74, 6) is 0. The molecule has 0 radical (unpaired) electrons. The van der Waals surface area contributed by atoms with Gasteiger partial charge in [0.15, 0.2) is 0 Å². The van der Waals surface area contributed by atoms with E-state index in [1.807, 2.05) is 6.07 Å². The van der Waals surface area contributed by atoms with E-state index in [0.717, 1.165) is 24.2 Å². The van der Waals surface area contributed by atoms with Gasteiger partial charge in [-0.2, -0.15) is 0 Å². The van der Waals surface area contributed by atoms with Crippen molar-refractivity contribution < 1.29 is 8.42 Å². The predicted molar refractivity (Wildman–Crippen MR) is 65.6 cm³/mol. The SMILES string of the molecule is CC1(C)CCNc2cc(S(=O)(=O)Cl)ccc21. The van der Waals surface area contributed by atoms with E-state index in [1.165, 1.54) is 0 Å². The van der Waals surface area contributed by atoms with Crippen molar-refractivity contribution in [2.75, 3.05) is 11.9 Å². The Morgan fingerprint density at radius 3 is 2.69 bits per heavy atom. The van der Waals surface area contributed by atoms with E-state index >= 15 is 0 Å². The molecule has 1 aliphatic heterocycles. The van der Waals surface area contributed by atoms with Crippen LogP contribution in [0.3, 0.4) is 0 Å². The van der Waals surface area contributed by atoms with Crippen LogP contribution in [0.15, 0.2) is 23.1 Å². The van der Waals surface area contributed by atoms with Gasteiger partial charge in [-0.1, -0.05) is 19.9 Å². The van der Waals surface area contributed by atoms with Crippen molar-refractivity contribution in [2.45, 2.75) is 30.6 Å². The smallest absolute Gasteiger partial charge is 0.261 e. The fourth-order valence-electron chi connectivity index (χ4n) is 2.06. The molecule has 3 nitrogen and oxygen atoms in total. The highest BCUT2D eigenvalue weighted by Crippen LogP contribution is 2.37. The van der Waals surface area contributed by atoms with Gasteiger partial charge in [0, 0.05) is 22.9 Å². The normalized spacial score (nSPS) is 18.7. The first-order valence-electron chi connectivity index (χ1n) is 5.14. The lowest BCUT2D eigenvalue weighted by molar-refractivity contribution is 0.481. The first-order valence-corrected chi connectivity index (χ1v) is 7.45. The molecule has 0 aromatic heterocycles. The summed E-state index contributed by atoms with van der Waals surface area (Å²) in [4.78, 5) is 0.151. The molecule has 1 aromatic rings. The quantitative estimate of drug-likeness (QED) is 0.789. The molecule has 1 aliphatic rings. The molecule has 0 fully saturated rings. The van der Waals surface area contributed by atoms with Gasteiger partial charge in [-0.15, -0.1) is 0 Å². The van der Waals surface area contributed by atoms with Crippen LogP contribution in [0.5, 0.6) is 0 Å². The first-order chi connectivity index (χ1) is 7.31. The standard InChI is InChI=1S/C11H14ClNO2S/c1-11(2)5-6-13-10-7-8(16(12,14)15)3-4-9(10)11/h3-4,7,13H,5-6H2,1-2H3. The Kier molecular flexibility index (Phi) is 2.67. The maximum atomic E-state index is 11.2. The fraction of sp³-hybridized carbons (Fsp3) is 0.455. The average molecular weight is 260 g/mol. The summed E-state index contributed by atoms with van der Waals surface area (Å²) in [5.41, 5.74) is 2.09. The van der Waals surface area contributed by atoms with Crippen LogP contribution in [0.4, 0.5) is 5.69 Å². The molecular weight excluding hydrogens is 246 g/mol. The van der Waals surface area contributed by atoms with Crippen LogP contribution in [-0.4, -0.2) is 15.0 Å². The van der Waals surface area contributed by atoms with Gasteiger partial charge in [-0.05, 0) is 29.5 Å². The zero-order valence-electron chi connectivity index (χ0n) is 9.25. The Morgan fingerprint density at radius 1 is 1.38 bits per heavy atom. The highest BCUT2D eigenvalue weighted by Gasteiger charge is 2.28. The highest BCUT2D eigenvalue weighted by atomic mass is 35.7. The summed E-state index contributed by atoms with van der Waals surface area (Å²) < 4.78 is 22.4. The van der Waals surface area contributed by atoms with Gasteiger partial charge in [0.05, 0.1) is 4.90 Å². The van der Waals surface area contributed by atoms with E-state index in [-0.39, 0.29) is 10.3 Å². The molecule has 0 aliphatic carbocycles. The summed E-state index contributed by atoms with van der Waals surface area (Å²) >= 11 is 0. The molecule has 0 saturated heterocycles. The number of rotatable bonds is 1. The molecular formula is C11H14ClNO2S. The van der Waals surface area contributed by atoms with Crippen LogP contribution in [0.25, 0.3) is 0 Å². The van der Waals surface area contributed by atoms with Crippen molar-refractivity contribution in [3.05, 3.63) is 23.8 Å². The van der Waals surface area contributed by atoms with E-state index in [0.29, 0.717) is 0 Å². The van der Waals surface area contributed by atoms with E-state index in [4.69, 9.17) is 10.7 Å². The Bertz CT molecular complexity index is 523. The van der Waals surface area contributed by atoms with E-state index in [9.17, 15) is 8.42 Å². The minimum atomic E-state index is -3.64. The Balaban J connectivity index is 2.56. The highest BCUT2D eigenvalue weighted by molar-refractivity contribution is 8.13. The summed E-state index contributed by atoms with van der Waals surface area (Å²) in [5, 5.41) is 3.21. The Labute approximate surface area is 100 Å².